The number of aromatic nitrogens is 3. The first-order valence-corrected chi connectivity index (χ1v) is 8.23. The molecule has 9 heteroatoms. The largest absolute Gasteiger partial charge is 0.317 e. The van der Waals surface area contributed by atoms with Crippen molar-refractivity contribution in [3.63, 3.8) is 0 Å². The number of anilines is 1. The number of fused-ring (bicyclic) bond motifs is 2. The number of amides is 2. The van der Waals surface area contributed by atoms with Gasteiger partial charge in [-0.15, -0.1) is 16.4 Å². The molecule has 4 heterocycles. The van der Waals surface area contributed by atoms with E-state index in [1.54, 1.807) is 40.8 Å². The smallest absolute Gasteiger partial charge is 0.253 e. The molecule has 2 aromatic rings. The van der Waals surface area contributed by atoms with Crippen LogP contribution in [0.5, 0.6) is 0 Å². The number of nitrogens with one attached hydrogen (secondary N) is 1. The molecule has 2 aliphatic rings. The molecule has 2 aliphatic heterocycles. The molecule has 0 spiro atoms. The van der Waals surface area contributed by atoms with Gasteiger partial charge in [-0.05, 0) is 26.0 Å². The number of carbonyl (C=O) groups is 2. The van der Waals surface area contributed by atoms with E-state index in [9.17, 15) is 9.59 Å². The van der Waals surface area contributed by atoms with Gasteiger partial charge in [0, 0.05) is 11.6 Å². The van der Waals surface area contributed by atoms with Crippen molar-refractivity contribution in [2.45, 2.75) is 25.8 Å². The Balaban J connectivity index is 1.65. The normalized spacial score (nSPS) is 22.7. The Morgan fingerprint density at radius 3 is 3.04 bits per heavy atom. The molecule has 0 fully saturated rings. The summed E-state index contributed by atoms with van der Waals surface area (Å²) in [5, 5.41) is 8.95. The third-order valence-electron chi connectivity index (χ3n) is 4.07. The van der Waals surface area contributed by atoms with Gasteiger partial charge in [0.1, 0.15) is 11.4 Å². The first-order valence-electron chi connectivity index (χ1n) is 7.35. The second-order valence-corrected chi connectivity index (χ2v) is 6.68. The van der Waals surface area contributed by atoms with E-state index in [2.05, 4.69) is 20.4 Å². The van der Waals surface area contributed by atoms with Crippen molar-refractivity contribution in [3.8, 4) is 0 Å². The van der Waals surface area contributed by atoms with Crippen molar-refractivity contribution in [1.82, 2.24) is 19.5 Å². The molecule has 4 rings (SSSR count). The zero-order chi connectivity index (χ0) is 16.9. The molecular weight excluding hydrogens is 328 g/mol. The minimum Gasteiger partial charge on any atom is -0.317 e. The average Bonchev–Trinajstić information content (AvgIpc) is 3.09. The summed E-state index contributed by atoms with van der Waals surface area (Å²) in [4.78, 5) is 35.5. The molecular formula is C15H14N6O2S. The minimum atomic E-state index is -1.08. The van der Waals surface area contributed by atoms with E-state index < -0.39 is 5.54 Å². The molecule has 0 saturated carbocycles. The first kappa shape index (κ1) is 14.8. The summed E-state index contributed by atoms with van der Waals surface area (Å²) >= 11 is 1.45. The Hall–Kier alpha value is -2.81. The number of allylic oxidation sites excluding steroid dienone is 2. The number of hydrogen-bond acceptors (Lipinski definition) is 6. The van der Waals surface area contributed by atoms with Gasteiger partial charge < -0.3 is 4.90 Å². The number of aryl methyl sites for hydroxylation is 1. The Morgan fingerprint density at radius 2 is 2.25 bits per heavy atom. The lowest BCUT2D eigenvalue weighted by molar-refractivity contribution is -0.130. The molecule has 1 unspecified atom stereocenters. The maximum atomic E-state index is 12.9. The van der Waals surface area contributed by atoms with Crippen molar-refractivity contribution >= 4 is 39.9 Å². The Labute approximate surface area is 141 Å². The zero-order valence-corrected chi connectivity index (χ0v) is 13.9. The number of hydrogen-bond donors (Lipinski definition) is 1. The van der Waals surface area contributed by atoms with E-state index in [0.29, 0.717) is 10.8 Å². The van der Waals surface area contributed by atoms with Crippen molar-refractivity contribution in [2.24, 2.45) is 4.99 Å². The van der Waals surface area contributed by atoms with Gasteiger partial charge in [-0.25, -0.2) is 4.52 Å². The van der Waals surface area contributed by atoms with Gasteiger partial charge in [-0.3, -0.25) is 14.9 Å². The maximum absolute atomic E-state index is 12.9. The molecule has 8 nitrogen and oxygen atoms in total. The van der Waals surface area contributed by atoms with Crippen LogP contribution < -0.4 is 5.32 Å². The fourth-order valence-electron chi connectivity index (χ4n) is 2.76. The van der Waals surface area contributed by atoms with Crippen LogP contribution in [0, 0.1) is 6.92 Å². The van der Waals surface area contributed by atoms with Crippen molar-refractivity contribution < 1.29 is 9.59 Å². The van der Waals surface area contributed by atoms with Crippen molar-refractivity contribution in [2.75, 3.05) is 5.32 Å². The van der Waals surface area contributed by atoms with E-state index in [-0.39, 0.29) is 24.2 Å². The third kappa shape index (κ3) is 2.16. The molecule has 0 aromatic carbocycles. The first-order chi connectivity index (χ1) is 11.5. The quantitative estimate of drug-likeness (QED) is 0.893. The summed E-state index contributed by atoms with van der Waals surface area (Å²) in [7, 11) is 0. The summed E-state index contributed by atoms with van der Waals surface area (Å²) in [6, 6.07) is 0. The van der Waals surface area contributed by atoms with Gasteiger partial charge in [0.15, 0.2) is 0 Å². The molecule has 1 atom stereocenters. The van der Waals surface area contributed by atoms with Crippen LogP contribution >= 0.6 is 11.3 Å². The lowest BCUT2D eigenvalue weighted by atomic mass is 9.91. The SMILES string of the molecule is Cc1csc2nc(NC(=O)C3(C)CC(=O)N=C4C=CC=CN43)nn12. The lowest BCUT2D eigenvalue weighted by Gasteiger charge is -2.41. The molecule has 0 aliphatic carbocycles. The third-order valence-corrected chi connectivity index (χ3v) is 5.00. The molecule has 2 aromatic heterocycles. The van der Waals surface area contributed by atoms with E-state index >= 15 is 0 Å². The average molecular weight is 342 g/mol. The number of thiazole rings is 1. The highest BCUT2D eigenvalue weighted by atomic mass is 32.1. The van der Waals surface area contributed by atoms with Crippen LogP contribution in [0.4, 0.5) is 5.95 Å². The van der Waals surface area contributed by atoms with Gasteiger partial charge in [0.05, 0.1) is 12.1 Å². The number of rotatable bonds is 2. The summed E-state index contributed by atoms with van der Waals surface area (Å²) < 4.78 is 1.67. The molecule has 24 heavy (non-hydrogen) atoms. The Bertz CT molecular complexity index is 952. The highest BCUT2D eigenvalue weighted by molar-refractivity contribution is 7.15. The van der Waals surface area contributed by atoms with Gasteiger partial charge >= 0.3 is 0 Å². The summed E-state index contributed by atoms with van der Waals surface area (Å²) in [5.41, 5.74) is -0.135. The highest BCUT2D eigenvalue weighted by Gasteiger charge is 2.45. The summed E-state index contributed by atoms with van der Waals surface area (Å²) in [6.45, 7) is 3.63. The van der Waals surface area contributed by atoms with Crippen LogP contribution in [-0.2, 0) is 9.59 Å². The number of carbonyl (C=O) groups excluding carboxylic acids is 2. The lowest BCUT2D eigenvalue weighted by Crippen LogP contribution is -2.58. The van der Waals surface area contributed by atoms with Crippen LogP contribution in [0.2, 0.25) is 0 Å². The second-order valence-electron chi connectivity index (χ2n) is 5.85. The number of amidine groups is 1. The van der Waals surface area contributed by atoms with Gasteiger partial charge in [-0.1, -0.05) is 6.08 Å². The predicted octanol–water partition coefficient (Wildman–Crippen LogP) is 1.51. The Kier molecular flexibility index (Phi) is 3.14. The van der Waals surface area contributed by atoms with Crippen molar-refractivity contribution in [3.05, 3.63) is 35.5 Å². The zero-order valence-electron chi connectivity index (χ0n) is 13.1. The van der Waals surface area contributed by atoms with E-state index in [0.717, 1.165) is 5.69 Å². The van der Waals surface area contributed by atoms with E-state index in [1.165, 1.54) is 11.3 Å². The summed E-state index contributed by atoms with van der Waals surface area (Å²) in [6.07, 6.45) is 7.02. The van der Waals surface area contributed by atoms with Gasteiger partial charge in [-0.2, -0.15) is 9.98 Å². The molecule has 0 radical (unpaired) electrons. The minimum absolute atomic E-state index is 0.0121. The second kappa shape index (κ2) is 5.10. The van der Waals surface area contributed by atoms with Crippen LogP contribution in [-0.4, -0.2) is 42.7 Å². The molecule has 2 amide bonds. The van der Waals surface area contributed by atoms with Crippen LogP contribution in [0.1, 0.15) is 19.0 Å². The molecule has 0 bridgehead atoms. The predicted molar refractivity (Wildman–Crippen MR) is 89.8 cm³/mol. The number of nitrogens with zero attached hydrogens (tertiary/aromatic N) is 5. The van der Waals surface area contributed by atoms with Crippen LogP contribution in [0.3, 0.4) is 0 Å². The molecule has 1 N–H and O–H groups in total. The van der Waals surface area contributed by atoms with Crippen LogP contribution in [0.25, 0.3) is 4.96 Å². The standard InChI is InChI=1S/C15H14N6O2S/c1-9-8-24-14-18-13(19-21(9)14)17-12(23)15(2)7-11(22)16-10-5-3-4-6-20(10)15/h3-6,8H,7H2,1-2H3,(H,17,19,23). The molecule has 122 valence electrons. The Morgan fingerprint density at radius 1 is 1.42 bits per heavy atom. The topological polar surface area (TPSA) is 92.0 Å². The highest BCUT2D eigenvalue weighted by Crippen LogP contribution is 2.29. The van der Waals surface area contributed by atoms with Gasteiger partial charge in [0.2, 0.25) is 4.96 Å². The molecule has 0 saturated heterocycles. The van der Waals surface area contributed by atoms with Gasteiger partial charge in [0.25, 0.3) is 17.8 Å². The van der Waals surface area contributed by atoms with Crippen molar-refractivity contribution in [1.29, 1.82) is 0 Å². The van der Waals surface area contributed by atoms with E-state index in [1.807, 2.05) is 12.3 Å². The van der Waals surface area contributed by atoms with E-state index in [4.69, 9.17) is 0 Å². The fraction of sp³-hybridized carbons (Fsp3) is 0.267. The fourth-order valence-corrected chi connectivity index (χ4v) is 3.56. The monoisotopic (exact) mass is 342 g/mol. The summed E-state index contributed by atoms with van der Waals surface area (Å²) in [5.74, 6) is 0.0119. The number of aliphatic imine (C=N–C) groups is 1. The van der Waals surface area contributed by atoms with Crippen LogP contribution in [0.15, 0.2) is 34.8 Å². The maximum Gasteiger partial charge on any atom is 0.253 e.